The predicted octanol–water partition coefficient (Wildman–Crippen LogP) is 3.62. The van der Waals surface area contributed by atoms with E-state index >= 15 is 0 Å². The van der Waals surface area contributed by atoms with Gasteiger partial charge in [0.2, 0.25) is 5.91 Å². The number of anilines is 2. The van der Waals surface area contributed by atoms with Crippen LogP contribution in [0.15, 0.2) is 54.0 Å². The first-order valence-electron chi connectivity index (χ1n) is 8.60. The first-order valence-corrected chi connectivity index (χ1v) is 10.7. The van der Waals surface area contributed by atoms with E-state index in [0.717, 1.165) is 24.0 Å². The molecule has 8 heteroatoms. The first-order chi connectivity index (χ1) is 13.2. The van der Waals surface area contributed by atoms with Gasteiger partial charge in [-0.2, -0.15) is 0 Å². The number of benzene rings is 1. The van der Waals surface area contributed by atoms with Crippen LogP contribution in [0.3, 0.4) is 0 Å². The van der Waals surface area contributed by atoms with Crippen LogP contribution in [0.5, 0.6) is 0 Å². The molecule has 0 radical (unpaired) electrons. The molecule has 1 saturated carbocycles. The van der Waals surface area contributed by atoms with Gasteiger partial charge >= 0.3 is 0 Å². The van der Waals surface area contributed by atoms with Crippen LogP contribution in [0.2, 0.25) is 0 Å². The number of nitrogens with zero attached hydrogens (tertiary/aromatic N) is 2. The summed E-state index contributed by atoms with van der Waals surface area (Å²) < 4.78 is 14.8. The van der Waals surface area contributed by atoms with E-state index in [1.54, 1.807) is 17.6 Å². The molecule has 4 rings (SSSR count). The van der Waals surface area contributed by atoms with Gasteiger partial charge in [0.05, 0.1) is 17.4 Å². The van der Waals surface area contributed by atoms with Gasteiger partial charge in [0.25, 0.3) is 0 Å². The van der Waals surface area contributed by atoms with E-state index in [2.05, 4.69) is 20.0 Å². The lowest BCUT2D eigenvalue weighted by molar-refractivity contribution is -0.115. The highest BCUT2D eigenvalue weighted by Crippen LogP contribution is 2.28. The molecule has 1 atom stereocenters. The molecule has 2 heterocycles. The fourth-order valence-corrected chi connectivity index (χ4v) is 4.45. The molecule has 0 saturated heterocycles. The largest absolute Gasteiger partial charge is 0.310 e. The van der Waals surface area contributed by atoms with Gasteiger partial charge in [-0.3, -0.25) is 9.52 Å². The SMILES string of the molecule is O=C(Cc1csc(NS(=O)C2CC2)n1)Nc1ccc(-c2ccccc2)cn1. The Bertz CT molecular complexity index is 953. The van der Waals surface area contributed by atoms with Crippen LogP contribution < -0.4 is 10.0 Å². The highest BCUT2D eigenvalue weighted by molar-refractivity contribution is 7.87. The number of amides is 1. The molecule has 27 heavy (non-hydrogen) atoms. The molecule has 6 nitrogen and oxygen atoms in total. The number of pyridine rings is 1. The lowest BCUT2D eigenvalue weighted by atomic mass is 10.1. The maximum absolute atomic E-state index is 12.2. The number of hydrogen-bond donors (Lipinski definition) is 2. The topological polar surface area (TPSA) is 84.0 Å². The zero-order valence-corrected chi connectivity index (χ0v) is 16.1. The van der Waals surface area contributed by atoms with Crippen molar-refractivity contribution < 1.29 is 9.00 Å². The Morgan fingerprint density at radius 2 is 1.96 bits per heavy atom. The summed E-state index contributed by atoms with van der Waals surface area (Å²) in [6, 6.07) is 13.7. The van der Waals surface area contributed by atoms with Crippen molar-refractivity contribution in [2.45, 2.75) is 24.5 Å². The van der Waals surface area contributed by atoms with Crippen molar-refractivity contribution in [2.24, 2.45) is 0 Å². The molecule has 3 aromatic rings. The maximum Gasteiger partial charge on any atom is 0.231 e. The van der Waals surface area contributed by atoms with Crippen molar-refractivity contribution in [1.29, 1.82) is 0 Å². The molecule has 1 aromatic carbocycles. The van der Waals surface area contributed by atoms with Crippen molar-refractivity contribution in [2.75, 3.05) is 10.0 Å². The molecule has 0 spiro atoms. The number of rotatable bonds is 7. The van der Waals surface area contributed by atoms with Gasteiger partial charge in [-0.15, -0.1) is 11.3 Å². The lowest BCUT2D eigenvalue weighted by Crippen LogP contribution is -2.15. The third-order valence-electron chi connectivity index (χ3n) is 4.05. The molecule has 1 amide bonds. The smallest absolute Gasteiger partial charge is 0.231 e. The summed E-state index contributed by atoms with van der Waals surface area (Å²) in [5.74, 6) is 0.318. The van der Waals surface area contributed by atoms with Gasteiger partial charge in [-0.05, 0) is 30.5 Å². The number of nitrogens with one attached hydrogen (secondary N) is 2. The second-order valence-corrected chi connectivity index (χ2v) is 8.59. The van der Waals surface area contributed by atoms with Crippen LogP contribution in [0.25, 0.3) is 11.1 Å². The average molecular weight is 399 g/mol. The predicted molar refractivity (Wildman–Crippen MR) is 109 cm³/mol. The van der Waals surface area contributed by atoms with E-state index in [1.165, 1.54) is 11.3 Å². The second-order valence-electron chi connectivity index (χ2n) is 6.27. The number of aromatic nitrogens is 2. The zero-order valence-electron chi connectivity index (χ0n) is 14.4. The Kier molecular flexibility index (Phi) is 5.26. The van der Waals surface area contributed by atoms with Gasteiger partial charge in [0.1, 0.15) is 16.8 Å². The van der Waals surface area contributed by atoms with Crippen molar-refractivity contribution in [3.8, 4) is 11.1 Å². The number of carbonyl (C=O) groups excluding carboxylic acids is 1. The summed E-state index contributed by atoms with van der Waals surface area (Å²) in [5, 5.41) is 5.42. The molecular formula is C19H18N4O2S2. The molecule has 1 fully saturated rings. The van der Waals surface area contributed by atoms with E-state index < -0.39 is 11.0 Å². The zero-order chi connectivity index (χ0) is 18.6. The summed E-state index contributed by atoms with van der Waals surface area (Å²) in [6.07, 6.45) is 3.88. The van der Waals surface area contributed by atoms with Gasteiger partial charge in [0, 0.05) is 17.1 Å². The van der Waals surface area contributed by atoms with E-state index in [4.69, 9.17) is 0 Å². The molecular weight excluding hydrogens is 380 g/mol. The molecule has 0 aliphatic heterocycles. The molecule has 138 valence electrons. The summed E-state index contributed by atoms with van der Waals surface area (Å²) in [4.78, 5) is 20.9. The third kappa shape index (κ3) is 4.78. The Balaban J connectivity index is 1.32. The standard InChI is InChI=1S/C19H18N4O2S2/c24-18(10-15-12-26-19(21-15)23-27(25)16-7-8-16)22-17-9-6-14(11-20-17)13-4-2-1-3-5-13/h1-6,9,11-12,16H,7-8,10H2,(H,21,23)(H,20,22,24). The van der Waals surface area contributed by atoms with E-state index in [-0.39, 0.29) is 17.6 Å². The molecule has 2 N–H and O–H groups in total. The molecule has 1 aliphatic rings. The van der Waals surface area contributed by atoms with Crippen LogP contribution in [-0.2, 0) is 22.2 Å². The minimum absolute atomic E-state index is 0.149. The molecule has 0 bridgehead atoms. The van der Waals surface area contributed by atoms with Crippen LogP contribution in [-0.4, -0.2) is 25.3 Å². The highest BCUT2D eigenvalue weighted by atomic mass is 32.2. The fourth-order valence-electron chi connectivity index (χ4n) is 2.51. The van der Waals surface area contributed by atoms with E-state index in [0.29, 0.717) is 16.6 Å². The minimum atomic E-state index is -1.07. The van der Waals surface area contributed by atoms with Crippen molar-refractivity contribution >= 4 is 39.2 Å². The Hall–Kier alpha value is -2.58. The minimum Gasteiger partial charge on any atom is -0.310 e. The average Bonchev–Trinajstić information content (AvgIpc) is 3.45. The van der Waals surface area contributed by atoms with E-state index in [9.17, 15) is 9.00 Å². The van der Waals surface area contributed by atoms with Gasteiger partial charge in [-0.25, -0.2) is 14.2 Å². The van der Waals surface area contributed by atoms with Gasteiger partial charge in [0.15, 0.2) is 5.13 Å². The first kappa shape index (κ1) is 17.8. The lowest BCUT2D eigenvalue weighted by Gasteiger charge is -2.05. The second kappa shape index (κ2) is 7.98. The monoisotopic (exact) mass is 398 g/mol. The van der Waals surface area contributed by atoms with E-state index in [1.807, 2.05) is 36.4 Å². The van der Waals surface area contributed by atoms with Crippen molar-refractivity contribution in [3.63, 3.8) is 0 Å². The number of hydrogen-bond acceptors (Lipinski definition) is 5. The molecule has 2 aromatic heterocycles. The van der Waals surface area contributed by atoms with Crippen LogP contribution >= 0.6 is 11.3 Å². The van der Waals surface area contributed by atoms with Crippen molar-refractivity contribution in [3.05, 3.63) is 59.7 Å². The third-order valence-corrected chi connectivity index (χ3v) is 6.45. The van der Waals surface area contributed by atoms with Gasteiger partial charge in [-0.1, -0.05) is 30.3 Å². The summed E-state index contributed by atoms with van der Waals surface area (Å²) in [7, 11) is -1.07. The normalized spacial score (nSPS) is 14.5. The van der Waals surface area contributed by atoms with Crippen LogP contribution in [0, 0.1) is 0 Å². The summed E-state index contributed by atoms with van der Waals surface area (Å²) in [6.45, 7) is 0. The molecule has 1 unspecified atom stereocenters. The molecule has 1 aliphatic carbocycles. The summed E-state index contributed by atoms with van der Waals surface area (Å²) >= 11 is 1.36. The Morgan fingerprint density at radius 1 is 1.15 bits per heavy atom. The number of thiazole rings is 1. The number of carbonyl (C=O) groups is 1. The quantitative estimate of drug-likeness (QED) is 0.637. The Labute approximate surface area is 163 Å². The maximum atomic E-state index is 12.2. The fraction of sp³-hybridized carbons (Fsp3) is 0.211. The van der Waals surface area contributed by atoms with Gasteiger partial charge < -0.3 is 5.32 Å². The van der Waals surface area contributed by atoms with Crippen LogP contribution in [0.4, 0.5) is 10.9 Å². The van der Waals surface area contributed by atoms with Crippen molar-refractivity contribution in [1.82, 2.24) is 9.97 Å². The summed E-state index contributed by atoms with van der Waals surface area (Å²) in [5.41, 5.74) is 2.72. The highest BCUT2D eigenvalue weighted by Gasteiger charge is 2.29. The Morgan fingerprint density at radius 3 is 2.67 bits per heavy atom. The van der Waals surface area contributed by atoms with Crippen LogP contribution in [0.1, 0.15) is 18.5 Å².